The van der Waals surface area contributed by atoms with Gasteiger partial charge >= 0.3 is 0 Å². The van der Waals surface area contributed by atoms with Gasteiger partial charge < -0.3 is 10.4 Å². The number of halogens is 2. The normalized spacial score (nSPS) is 17.7. The van der Waals surface area contributed by atoms with Gasteiger partial charge in [0.1, 0.15) is 5.75 Å². The average Bonchev–Trinajstić information content (AvgIpc) is 2.85. The highest BCUT2D eigenvalue weighted by Gasteiger charge is 2.24. The summed E-state index contributed by atoms with van der Waals surface area (Å²) < 4.78 is 1.84. The Labute approximate surface area is 159 Å². The molecular formula is C16H10BrIN2O2S. The first-order valence-corrected chi connectivity index (χ1v) is 9.24. The number of amidine groups is 1. The number of aliphatic imine (C=N–C) groups is 1. The number of phenols is 1. The molecule has 116 valence electrons. The Morgan fingerprint density at radius 2 is 2.04 bits per heavy atom. The topological polar surface area (TPSA) is 61.7 Å². The van der Waals surface area contributed by atoms with E-state index in [0.29, 0.717) is 15.6 Å². The third-order valence-corrected chi connectivity index (χ3v) is 5.32. The Bertz CT molecular complexity index is 852. The van der Waals surface area contributed by atoms with Gasteiger partial charge in [0.25, 0.3) is 5.91 Å². The van der Waals surface area contributed by atoms with E-state index in [1.54, 1.807) is 24.3 Å². The van der Waals surface area contributed by atoms with Crippen molar-refractivity contribution >= 4 is 73.1 Å². The van der Waals surface area contributed by atoms with Crippen molar-refractivity contribution in [3.05, 3.63) is 61.0 Å². The van der Waals surface area contributed by atoms with Gasteiger partial charge in [0.15, 0.2) is 5.17 Å². The number of para-hydroxylation sites is 1. The number of aromatic hydroxyl groups is 1. The van der Waals surface area contributed by atoms with Crippen molar-refractivity contribution < 1.29 is 9.90 Å². The summed E-state index contributed by atoms with van der Waals surface area (Å²) in [5, 5.41) is 13.2. The number of nitrogens with zero attached hydrogens (tertiary/aromatic N) is 1. The largest absolute Gasteiger partial charge is 0.507 e. The van der Waals surface area contributed by atoms with Crippen LogP contribution in [-0.4, -0.2) is 16.2 Å². The van der Waals surface area contributed by atoms with Crippen LogP contribution < -0.4 is 5.32 Å². The summed E-state index contributed by atoms with van der Waals surface area (Å²) in [5.74, 6) is -0.101. The van der Waals surface area contributed by atoms with Crippen molar-refractivity contribution in [2.75, 3.05) is 0 Å². The van der Waals surface area contributed by atoms with Crippen molar-refractivity contribution in [3.8, 4) is 5.75 Å². The summed E-state index contributed by atoms with van der Waals surface area (Å²) in [6.07, 6.45) is 1.65. The molecule has 0 spiro atoms. The van der Waals surface area contributed by atoms with Crippen LogP contribution in [0.3, 0.4) is 0 Å². The molecule has 2 aromatic rings. The van der Waals surface area contributed by atoms with E-state index in [2.05, 4.69) is 48.8 Å². The van der Waals surface area contributed by atoms with Crippen LogP contribution in [-0.2, 0) is 4.79 Å². The fourth-order valence-electron chi connectivity index (χ4n) is 1.91. The van der Waals surface area contributed by atoms with Crippen LogP contribution in [0.1, 0.15) is 5.56 Å². The zero-order chi connectivity index (χ0) is 16.4. The van der Waals surface area contributed by atoms with Crippen molar-refractivity contribution in [2.45, 2.75) is 0 Å². The number of rotatable bonds is 2. The molecule has 7 heteroatoms. The number of amides is 1. The van der Waals surface area contributed by atoms with E-state index in [1.807, 2.05) is 24.3 Å². The molecule has 0 radical (unpaired) electrons. The van der Waals surface area contributed by atoms with Crippen molar-refractivity contribution in [3.63, 3.8) is 0 Å². The number of hydrogen-bond acceptors (Lipinski definition) is 4. The number of hydrogen-bond donors (Lipinski definition) is 2. The molecule has 0 aromatic heterocycles. The van der Waals surface area contributed by atoms with Crippen LogP contribution in [0.2, 0.25) is 0 Å². The third-order valence-electron chi connectivity index (χ3n) is 3.00. The molecule has 0 bridgehead atoms. The van der Waals surface area contributed by atoms with E-state index in [0.717, 1.165) is 13.7 Å². The van der Waals surface area contributed by atoms with Crippen LogP contribution in [0.4, 0.5) is 5.69 Å². The molecular weight excluding hydrogens is 491 g/mol. The lowest BCUT2D eigenvalue weighted by molar-refractivity contribution is -0.115. The zero-order valence-electron chi connectivity index (χ0n) is 11.6. The lowest BCUT2D eigenvalue weighted by atomic mass is 10.2. The van der Waals surface area contributed by atoms with Crippen molar-refractivity contribution in [2.24, 2.45) is 4.99 Å². The molecule has 1 aliphatic heterocycles. The number of thioether (sulfide) groups is 1. The van der Waals surface area contributed by atoms with Crippen LogP contribution >= 0.6 is 50.3 Å². The van der Waals surface area contributed by atoms with Crippen molar-refractivity contribution in [1.82, 2.24) is 5.32 Å². The van der Waals surface area contributed by atoms with E-state index < -0.39 is 0 Å². The Balaban J connectivity index is 1.90. The number of carbonyl (C=O) groups excluding carboxylic acids is 1. The van der Waals surface area contributed by atoms with E-state index in [9.17, 15) is 9.90 Å². The van der Waals surface area contributed by atoms with Gasteiger partial charge in [-0.3, -0.25) is 4.79 Å². The molecule has 2 N–H and O–H groups in total. The summed E-state index contributed by atoms with van der Waals surface area (Å²) >= 11 is 6.81. The van der Waals surface area contributed by atoms with Crippen molar-refractivity contribution in [1.29, 1.82) is 0 Å². The highest BCUT2D eigenvalue weighted by atomic mass is 127. The second-order valence-electron chi connectivity index (χ2n) is 4.64. The van der Waals surface area contributed by atoms with Gasteiger partial charge in [-0.25, -0.2) is 4.99 Å². The molecule has 4 nitrogen and oxygen atoms in total. The maximum absolute atomic E-state index is 12.1. The molecule has 0 atom stereocenters. The quantitative estimate of drug-likeness (QED) is 0.466. The summed E-state index contributed by atoms with van der Waals surface area (Å²) in [7, 11) is 0. The van der Waals surface area contributed by atoms with E-state index in [1.165, 1.54) is 11.8 Å². The maximum Gasteiger partial charge on any atom is 0.264 e. The summed E-state index contributed by atoms with van der Waals surface area (Å²) in [5.41, 5.74) is 1.38. The fraction of sp³-hybridized carbons (Fsp3) is 0. The minimum atomic E-state index is -0.223. The number of phenolic OH excluding ortho intramolecular Hbond substituents is 1. The number of carbonyl (C=O) groups is 1. The second kappa shape index (κ2) is 7.06. The van der Waals surface area contributed by atoms with Crippen LogP contribution in [0.15, 0.2) is 56.8 Å². The first kappa shape index (κ1) is 16.5. The van der Waals surface area contributed by atoms with Gasteiger partial charge in [-0.05, 0) is 70.8 Å². The lowest BCUT2D eigenvalue weighted by Gasteiger charge is -2.00. The smallest absolute Gasteiger partial charge is 0.264 e. The molecule has 1 heterocycles. The third kappa shape index (κ3) is 3.96. The molecule has 2 aromatic carbocycles. The Hall–Kier alpha value is -1.32. The predicted octanol–water partition coefficient (Wildman–Crippen LogP) is 4.65. The predicted molar refractivity (Wildman–Crippen MR) is 106 cm³/mol. The molecule has 1 saturated heterocycles. The van der Waals surface area contributed by atoms with E-state index >= 15 is 0 Å². The van der Waals surface area contributed by atoms with Gasteiger partial charge in [-0.1, -0.05) is 28.1 Å². The highest BCUT2D eigenvalue weighted by molar-refractivity contribution is 14.1. The summed E-state index contributed by atoms with van der Waals surface area (Å²) in [4.78, 5) is 17.0. The Morgan fingerprint density at radius 3 is 2.83 bits per heavy atom. The Kier molecular flexibility index (Phi) is 5.08. The number of benzene rings is 2. The zero-order valence-corrected chi connectivity index (χ0v) is 16.1. The molecule has 0 aliphatic carbocycles. The van der Waals surface area contributed by atoms with Gasteiger partial charge in [0.05, 0.1) is 10.6 Å². The van der Waals surface area contributed by atoms with Gasteiger partial charge in [0, 0.05) is 13.6 Å². The van der Waals surface area contributed by atoms with Crippen LogP contribution in [0.25, 0.3) is 6.08 Å². The number of nitrogens with one attached hydrogen (secondary N) is 1. The molecule has 0 saturated carbocycles. The second-order valence-corrected chi connectivity index (χ2v) is 7.74. The minimum Gasteiger partial charge on any atom is -0.507 e. The van der Waals surface area contributed by atoms with Crippen LogP contribution in [0.5, 0.6) is 5.75 Å². The molecule has 0 unspecified atom stereocenters. The molecule has 1 fully saturated rings. The van der Waals surface area contributed by atoms with E-state index in [-0.39, 0.29) is 11.7 Å². The first-order valence-electron chi connectivity index (χ1n) is 6.55. The maximum atomic E-state index is 12.1. The summed E-state index contributed by atoms with van der Waals surface area (Å²) in [6.45, 7) is 0. The average molecular weight is 501 g/mol. The Morgan fingerprint density at radius 1 is 1.26 bits per heavy atom. The monoisotopic (exact) mass is 500 g/mol. The fourth-order valence-corrected chi connectivity index (χ4v) is 3.63. The van der Waals surface area contributed by atoms with Gasteiger partial charge in [-0.15, -0.1) is 0 Å². The first-order chi connectivity index (χ1) is 11.0. The SMILES string of the molecule is O=C1NC(=Nc2ccccc2I)S/C1=C/c1cc(Br)ccc1O. The highest BCUT2D eigenvalue weighted by Crippen LogP contribution is 2.32. The van der Waals surface area contributed by atoms with Gasteiger partial charge in [0.2, 0.25) is 0 Å². The molecule has 1 amide bonds. The molecule has 23 heavy (non-hydrogen) atoms. The van der Waals surface area contributed by atoms with Gasteiger partial charge in [-0.2, -0.15) is 0 Å². The van der Waals surface area contributed by atoms with E-state index in [4.69, 9.17) is 0 Å². The minimum absolute atomic E-state index is 0.122. The lowest BCUT2D eigenvalue weighted by Crippen LogP contribution is -2.19. The van der Waals surface area contributed by atoms with Crippen LogP contribution in [0, 0.1) is 3.57 Å². The standard InChI is InChI=1S/C16H10BrIN2O2S/c17-10-5-6-13(21)9(7-10)8-14-15(22)20-16(23-14)19-12-4-2-1-3-11(12)18/h1-8,21H,(H,19,20,22)/b14-8+. The molecule has 3 rings (SSSR count). The molecule has 1 aliphatic rings. The summed E-state index contributed by atoms with van der Waals surface area (Å²) in [6, 6.07) is 12.8.